The highest BCUT2D eigenvalue weighted by Crippen LogP contribution is 2.21. The average molecular weight is 260 g/mol. The van der Waals surface area contributed by atoms with E-state index in [1.165, 1.54) is 0 Å². The fourth-order valence-corrected chi connectivity index (χ4v) is 2.88. The highest BCUT2D eigenvalue weighted by Gasteiger charge is 2.28. The van der Waals surface area contributed by atoms with E-state index in [2.05, 4.69) is 10.0 Å². The van der Waals surface area contributed by atoms with E-state index in [1.54, 1.807) is 0 Å². The summed E-state index contributed by atoms with van der Waals surface area (Å²) in [5, 5.41) is 2.97. The third-order valence-corrected chi connectivity index (χ3v) is 3.80. The van der Waals surface area contributed by atoms with Gasteiger partial charge in [-0.1, -0.05) is 0 Å². The molecule has 0 spiro atoms. The molecule has 1 saturated heterocycles. The predicted molar refractivity (Wildman–Crippen MR) is 53.5 cm³/mol. The standard InChI is InChI=1S/C8H15F3N2O2S/c9-8(10,11)3-1-5-16(14,15)13-7-2-4-12-6-7/h7,12-13H,1-6H2/t7-/m1/s1. The fraction of sp³-hybridized carbons (Fsp3) is 1.00. The Kier molecular flexibility index (Phi) is 4.57. The second-order valence-electron chi connectivity index (χ2n) is 3.85. The van der Waals surface area contributed by atoms with Crippen LogP contribution in [0.1, 0.15) is 19.3 Å². The maximum atomic E-state index is 11.8. The first-order valence-electron chi connectivity index (χ1n) is 5.06. The zero-order valence-corrected chi connectivity index (χ0v) is 9.50. The Bertz CT molecular complexity index is 310. The van der Waals surface area contributed by atoms with Crippen LogP contribution in [0.15, 0.2) is 0 Å². The van der Waals surface area contributed by atoms with Crippen molar-refractivity contribution < 1.29 is 21.6 Å². The van der Waals surface area contributed by atoms with Crippen molar-refractivity contribution in [2.24, 2.45) is 0 Å². The molecule has 8 heteroatoms. The van der Waals surface area contributed by atoms with Crippen LogP contribution in [0.5, 0.6) is 0 Å². The quantitative estimate of drug-likeness (QED) is 0.761. The van der Waals surface area contributed by atoms with E-state index in [1.807, 2.05) is 0 Å². The zero-order chi connectivity index (χ0) is 12.2. The van der Waals surface area contributed by atoms with Gasteiger partial charge >= 0.3 is 6.18 Å². The Morgan fingerprint density at radius 3 is 2.56 bits per heavy atom. The first-order valence-corrected chi connectivity index (χ1v) is 6.71. The van der Waals surface area contributed by atoms with Crippen LogP contribution < -0.4 is 10.0 Å². The van der Waals surface area contributed by atoms with Gasteiger partial charge in [-0.2, -0.15) is 13.2 Å². The van der Waals surface area contributed by atoms with Gasteiger partial charge in [0.25, 0.3) is 0 Å². The van der Waals surface area contributed by atoms with Gasteiger partial charge in [0.15, 0.2) is 0 Å². The molecule has 4 nitrogen and oxygen atoms in total. The summed E-state index contributed by atoms with van der Waals surface area (Å²) in [5.74, 6) is -0.469. The van der Waals surface area contributed by atoms with E-state index in [9.17, 15) is 21.6 Å². The number of sulfonamides is 1. The van der Waals surface area contributed by atoms with E-state index in [0.29, 0.717) is 13.0 Å². The normalized spacial score (nSPS) is 22.6. The van der Waals surface area contributed by atoms with Crippen molar-refractivity contribution in [3.63, 3.8) is 0 Å². The lowest BCUT2D eigenvalue weighted by atomic mass is 10.3. The van der Waals surface area contributed by atoms with E-state index in [0.717, 1.165) is 6.54 Å². The molecule has 0 amide bonds. The summed E-state index contributed by atoms with van der Waals surface area (Å²) in [5.41, 5.74) is 0. The van der Waals surface area contributed by atoms with Crippen LogP contribution in [0.4, 0.5) is 13.2 Å². The number of hydrogen-bond acceptors (Lipinski definition) is 3. The first kappa shape index (κ1) is 13.7. The van der Waals surface area contributed by atoms with Crippen molar-refractivity contribution in [2.45, 2.75) is 31.5 Å². The van der Waals surface area contributed by atoms with Gasteiger partial charge in [-0.05, 0) is 19.4 Å². The Hall–Kier alpha value is -0.340. The third kappa shape index (κ3) is 5.66. The van der Waals surface area contributed by atoms with Crippen molar-refractivity contribution in [3.8, 4) is 0 Å². The van der Waals surface area contributed by atoms with E-state index < -0.39 is 28.4 Å². The first-order chi connectivity index (χ1) is 7.29. The Labute approximate surface area is 92.6 Å². The van der Waals surface area contributed by atoms with Crippen LogP contribution in [0.3, 0.4) is 0 Å². The predicted octanol–water partition coefficient (Wildman–Crippen LogP) is 0.610. The minimum Gasteiger partial charge on any atom is -0.315 e. The monoisotopic (exact) mass is 260 g/mol. The number of rotatable bonds is 5. The summed E-state index contributed by atoms with van der Waals surface area (Å²) in [7, 11) is -3.58. The van der Waals surface area contributed by atoms with E-state index >= 15 is 0 Å². The molecule has 0 aromatic rings. The highest BCUT2D eigenvalue weighted by atomic mass is 32.2. The molecule has 96 valence electrons. The fourth-order valence-electron chi connectivity index (χ4n) is 1.53. The van der Waals surface area contributed by atoms with Crippen molar-refractivity contribution in [2.75, 3.05) is 18.8 Å². The summed E-state index contributed by atoms with van der Waals surface area (Å²) >= 11 is 0. The summed E-state index contributed by atoms with van der Waals surface area (Å²) in [6.07, 6.45) is -5.06. The van der Waals surface area contributed by atoms with Crippen molar-refractivity contribution >= 4 is 10.0 Å². The molecule has 0 radical (unpaired) electrons. The molecular formula is C8H15F3N2O2S. The molecule has 0 aromatic carbocycles. The van der Waals surface area contributed by atoms with Crippen LogP contribution in [-0.4, -0.2) is 39.5 Å². The van der Waals surface area contributed by atoms with Crippen molar-refractivity contribution in [1.82, 2.24) is 10.0 Å². The van der Waals surface area contributed by atoms with Crippen LogP contribution in [0.2, 0.25) is 0 Å². The molecule has 0 bridgehead atoms. The second kappa shape index (κ2) is 5.33. The van der Waals surface area contributed by atoms with Gasteiger partial charge in [-0.15, -0.1) is 0 Å². The van der Waals surface area contributed by atoms with E-state index in [4.69, 9.17) is 0 Å². The van der Waals surface area contributed by atoms with Crippen LogP contribution >= 0.6 is 0 Å². The molecule has 1 atom stereocenters. The Balaban J connectivity index is 2.28. The lowest BCUT2D eigenvalue weighted by Gasteiger charge is -2.12. The third-order valence-electron chi connectivity index (χ3n) is 2.28. The molecule has 0 aromatic heterocycles. The molecule has 0 saturated carbocycles. The molecule has 0 unspecified atom stereocenters. The summed E-state index contributed by atoms with van der Waals surface area (Å²) < 4.78 is 60.5. The van der Waals surface area contributed by atoms with E-state index in [-0.39, 0.29) is 12.5 Å². The van der Waals surface area contributed by atoms with Gasteiger partial charge < -0.3 is 5.32 Å². The number of nitrogens with one attached hydrogen (secondary N) is 2. The maximum Gasteiger partial charge on any atom is 0.389 e. The zero-order valence-electron chi connectivity index (χ0n) is 8.68. The SMILES string of the molecule is O=S(=O)(CCCC(F)(F)F)N[C@@H]1CCNC1. The molecular weight excluding hydrogens is 245 g/mol. The van der Waals surface area contributed by atoms with Crippen molar-refractivity contribution in [3.05, 3.63) is 0 Å². The van der Waals surface area contributed by atoms with Gasteiger partial charge in [-0.3, -0.25) is 0 Å². The van der Waals surface area contributed by atoms with Crippen molar-refractivity contribution in [1.29, 1.82) is 0 Å². The van der Waals surface area contributed by atoms with Crippen LogP contribution in [0, 0.1) is 0 Å². The number of halogens is 3. The molecule has 0 aliphatic carbocycles. The highest BCUT2D eigenvalue weighted by molar-refractivity contribution is 7.89. The molecule has 16 heavy (non-hydrogen) atoms. The number of hydrogen-bond donors (Lipinski definition) is 2. The molecule has 1 heterocycles. The van der Waals surface area contributed by atoms with Gasteiger partial charge in [0.05, 0.1) is 5.75 Å². The maximum absolute atomic E-state index is 11.8. The summed E-state index contributed by atoms with van der Waals surface area (Å²) in [6.45, 7) is 1.27. The average Bonchev–Trinajstić information content (AvgIpc) is 2.52. The summed E-state index contributed by atoms with van der Waals surface area (Å²) in [6, 6.07) is -0.184. The Morgan fingerprint density at radius 1 is 1.38 bits per heavy atom. The lowest BCUT2D eigenvalue weighted by molar-refractivity contribution is -0.134. The lowest BCUT2D eigenvalue weighted by Crippen LogP contribution is -2.37. The van der Waals surface area contributed by atoms with Gasteiger partial charge in [0.1, 0.15) is 0 Å². The molecule has 2 N–H and O–H groups in total. The minimum atomic E-state index is -4.29. The smallest absolute Gasteiger partial charge is 0.315 e. The van der Waals surface area contributed by atoms with Gasteiger partial charge in [-0.25, -0.2) is 13.1 Å². The minimum absolute atomic E-state index is 0.184. The number of alkyl halides is 3. The Morgan fingerprint density at radius 2 is 2.06 bits per heavy atom. The molecule has 1 aliphatic heterocycles. The van der Waals surface area contributed by atoms with Gasteiger partial charge in [0, 0.05) is 19.0 Å². The second-order valence-corrected chi connectivity index (χ2v) is 5.72. The largest absolute Gasteiger partial charge is 0.389 e. The molecule has 1 rings (SSSR count). The molecule has 1 fully saturated rings. The topological polar surface area (TPSA) is 58.2 Å². The van der Waals surface area contributed by atoms with Crippen LogP contribution in [-0.2, 0) is 10.0 Å². The summed E-state index contributed by atoms with van der Waals surface area (Å²) in [4.78, 5) is 0. The molecule has 1 aliphatic rings. The van der Waals surface area contributed by atoms with Gasteiger partial charge in [0.2, 0.25) is 10.0 Å². The van der Waals surface area contributed by atoms with Crippen LogP contribution in [0.25, 0.3) is 0 Å².